The molecule has 5 heteroatoms. The van der Waals surface area contributed by atoms with Gasteiger partial charge in [-0.3, -0.25) is 4.90 Å². The van der Waals surface area contributed by atoms with Crippen LogP contribution in [0.3, 0.4) is 0 Å². The first-order valence-electron chi connectivity index (χ1n) is 8.25. The molecule has 1 atom stereocenters. The van der Waals surface area contributed by atoms with E-state index in [-0.39, 0.29) is 0 Å². The van der Waals surface area contributed by atoms with Gasteiger partial charge in [0.1, 0.15) is 11.9 Å². The van der Waals surface area contributed by atoms with Crippen LogP contribution in [0.5, 0.6) is 0 Å². The highest BCUT2D eigenvalue weighted by molar-refractivity contribution is 5.51. The molecule has 1 aliphatic heterocycles. The molecule has 3 rings (SSSR count). The van der Waals surface area contributed by atoms with E-state index in [1.54, 1.807) is 18.3 Å². The summed E-state index contributed by atoms with van der Waals surface area (Å²) in [7, 11) is 0. The van der Waals surface area contributed by atoms with Crippen molar-refractivity contribution in [3.63, 3.8) is 0 Å². The largest absolute Gasteiger partial charge is 0.376 e. The third kappa shape index (κ3) is 4.31. The third-order valence-electron chi connectivity index (χ3n) is 4.11. The zero-order valence-corrected chi connectivity index (χ0v) is 13.9. The quantitative estimate of drug-likeness (QED) is 0.917. The van der Waals surface area contributed by atoms with Crippen LogP contribution in [-0.4, -0.2) is 35.7 Å². The fourth-order valence-electron chi connectivity index (χ4n) is 2.95. The van der Waals surface area contributed by atoms with Crippen molar-refractivity contribution < 1.29 is 4.74 Å². The van der Waals surface area contributed by atoms with Gasteiger partial charge in [-0.1, -0.05) is 24.3 Å². The molecule has 0 spiro atoms. The fourth-order valence-corrected chi connectivity index (χ4v) is 2.95. The normalized spacial score (nSPS) is 18.1. The molecule has 1 fully saturated rings. The number of hydrogen-bond acceptors (Lipinski definition) is 5. The van der Waals surface area contributed by atoms with Gasteiger partial charge in [0.05, 0.1) is 18.3 Å². The Balaban J connectivity index is 1.62. The monoisotopic (exact) mass is 322 g/mol. The Kier molecular flexibility index (Phi) is 5.42. The summed E-state index contributed by atoms with van der Waals surface area (Å²) in [5.74, 6) is 0.632. The number of nitrogens with zero attached hydrogens (tertiary/aromatic N) is 3. The number of nitriles is 1. The van der Waals surface area contributed by atoms with Crippen LogP contribution in [0.15, 0.2) is 42.6 Å². The first-order chi connectivity index (χ1) is 11.7. The Hall–Kier alpha value is -2.42. The summed E-state index contributed by atoms with van der Waals surface area (Å²) in [4.78, 5) is 6.66. The molecular formula is C19H22N4O. The Morgan fingerprint density at radius 1 is 1.33 bits per heavy atom. The maximum Gasteiger partial charge on any atom is 0.144 e. The van der Waals surface area contributed by atoms with Gasteiger partial charge in [-0.25, -0.2) is 4.98 Å². The molecule has 1 aromatic carbocycles. The summed E-state index contributed by atoms with van der Waals surface area (Å²) in [6, 6.07) is 14.2. The van der Waals surface area contributed by atoms with Crippen LogP contribution in [0.25, 0.3) is 0 Å². The van der Waals surface area contributed by atoms with E-state index in [2.05, 4.69) is 52.5 Å². The molecule has 0 bridgehead atoms. The van der Waals surface area contributed by atoms with Crippen molar-refractivity contribution >= 4 is 5.82 Å². The molecule has 5 nitrogen and oxygen atoms in total. The average Bonchev–Trinajstić information content (AvgIpc) is 2.60. The number of anilines is 1. The lowest BCUT2D eigenvalue weighted by Gasteiger charge is -2.31. The average molecular weight is 322 g/mol. The van der Waals surface area contributed by atoms with E-state index in [1.807, 2.05) is 0 Å². The number of pyridine rings is 1. The maximum absolute atomic E-state index is 9.12. The van der Waals surface area contributed by atoms with Crippen molar-refractivity contribution in [3.8, 4) is 6.07 Å². The van der Waals surface area contributed by atoms with Gasteiger partial charge in [0, 0.05) is 32.4 Å². The third-order valence-corrected chi connectivity index (χ3v) is 4.11. The van der Waals surface area contributed by atoms with Gasteiger partial charge >= 0.3 is 0 Å². The lowest BCUT2D eigenvalue weighted by atomic mass is 10.1. The Labute approximate surface area is 142 Å². The van der Waals surface area contributed by atoms with Gasteiger partial charge in [0.15, 0.2) is 0 Å². The number of rotatable bonds is 5. The van der Waals surface area contributed by atoms with Crippen LogP contribution >= 0.6 is 0 Å². The second-order valence-electron chi connectivity index (χ2n) is 6.10. The first-order valence-corrected chi connectivity index (χ1v) is 8.25. The smallest absolute Gasteiger partial charge is 0.144 e. The standard InChI is InChI=1S/C19H22N4O/c1-15-13-23(8-9-24-15)14-17-5-2-4-16(10-17)12-22-19-18(11-20)6-3-7-21-19/h2-7,10,15H,8-9,12-14H2,1H3,(H,21,22). The molecule has 1 unspecified atom stereocenters. The molecule has 1 aliphatic rings. The second kappa shape index (κ2) is 7.91. The van der Waals surface area contributed by atoms with Gasteiger partial charge < -0.3 is 10.1 Å². The lowest BCUT2D eigenvalue weighted by Crippen LogP contribution is -2.40. The SMILES string of the molecule is CC1CN(Cc2cccc(CNc3ncccc3C#N)c2)CCO1. The van der Waals surface area contributed by atoms with Gasteiger partial charge in [0.25, 0.3) is 0 Å². The molecule has 0 amide bonds. The Bertz CT molecular complexity index is 725. The number of nitrogens with one attached hydrogen (secondary N) is 1. The maximum atomic E-state index is 9.12. The van der Waals surface area contributed by atoms with E-state index in [9.17, 15) is 0 Å². The summed E-state index contributed by atoms with van der Waals surface area (Å²) in [5.41, 5.74) is 3.05. The molecule has 2 heterocycles. The van der Waals surface area contributed by atoms with Crippen molar-refractivity contribution in [2.45, 2.75) is 26.1 Å². The zero-order valence-electron chi connectivity index (χ0n) is 13.9. The summed E-state index contributed by atoms with van der Waals surface area (Å²) in [6.45, 7) is 6.47. The molecule has 0 aliphatic carbocycles. The molecule has 2 aromatic rings. The number of ether oxygens (including phenoxy) is 1. The molecule has 1 aromatic heterocycles. The van der Waals surface area contributed by atoms with Gasteiger partial charge in [-0.05, 0) is 30.2 Å². The fraction of sp³-hybridized carbons (Fsp3) is 0.368. The van der Waals surface area contributed by atoms with Gasteiger partial charge in [0.2, 0.25) is 0 Å². The molecular weight excluding hydrogens is 300 g/mol. The number of benzene rings is 1. The van der Waals surface area contributed by atoms with Crippen LogP contribution < -0.4 is 5.32 Å². The summed E-state index contributed by atoms with van der Waals surface area (Å²) in [5, 5.41) is 12.4. The molecule has 24 heavy (non-hydrogen) atoms. The van der Waals surface area contributed by atoms with E-state index in [4.69, 9.17) is 10.00 Å². The molecule has 124 valence electrons. The van der Waals surface area contributed by atoms with Crippen LogP contribution in [0.1, 0.15) is 23.6 Å². The van der Waals surface area contributed by atoms with Crippen molar-refractivity contribution in [1.29, 1.82) is 5.26 Å². The van der Waals surface area contributed by atoms with E-state index >= 15 is 0 Å². The molecule has 0 saturated carbocycles. The molecule has 1 N–H and O–H groups in total. The number of morpholine rings is 1. The highest BCUT2D eigenvalue weighted by Gasteiger charge is 2.16. The summed E-state index contributed by atoms with van der Waals surface area (Å²) < 4.78 is 5.59. The molecule has 1 saturated heterocycles. The van der Waals surface area contributed by atoms with Crippen molar-refractivity contribution in [2.24, 2.45) is 0 Å². The summed E-state index contributed by atoms with van der Waals surface area (Å²) in [6.07, 6.45) is 2.00. The Morgan fingerprint density at radius 2 is 2.21 bits per heavy atom. The van der Waals surface area contributed by atoms with E-state index in [0.29, 0.717) is 24.0 Å². The van der Waals surface area contributed by atoms with Crippen molar-refractivity contribution in [1.82, 2.24) is 9.88 Å². The zero-order chi connectivity index (χ0) is 16.8. The van der Waals surface area contributed by atoms with E-state index < -0.39 is 0 Å². The number of hydrogen-bond donors (Lipinski definition) is 1. The van der Waals surface area contributed by atoms with E-state index in [1.165, 1.54) is 11.1 Å². The van der Waals surface area contributed by atoms with Crippen LogP contribution in [0, 0.1) is 11.3 Å². The minimum Gasteiger partial charge on any atom is -0.376 e. The minimum atomic E-state index is 0.303. The Morgan fingerprint density at radius 3 is 3.04 bits per heavy atom. The first kappa shape index (κ1) is 16.4. The van der Waals surface area contributed by atoms with Crippen molar-refractivity contribution in [2.75, 3.05) is 25.0 Å². The van der Waals surface area contributed by atoms with Gasteiger partial charge in [-0.15, -0.1) is 0 Å². The van der Waals surface area contributed by atoms with Gasteiger partial charge in [-0.2, -0.15) is 5.26 Å². The number of aromatic nitrogens is 1. The minimum absolute atomic E-state index is 0.303. The van der Waals surface area contributed by atoms with Crippen LogP contribution in [0.4, 0.5) is 5.82 Å². The highest BCUT2D eigenvalue weighted by atomic mass is 16.5. The second-order valence-corrected chi connectivity index (χ2v) is 6.10. The van der Waals surface area contributed by atoms with Crippen LogP contribution in [-0.2, 0) is 17.8 Å². The van der Waals surface area contributed by atoms with Crippen LogP contribution in [0.2, 0.25) is 0 Å². The van der Waals surface area contributed by atoms with Crippen molar-refractivity contribution in [3.05, 3.63) is 59.3 Å². The van der Waals surface area contributed by atoms with E-state index in [0.717, 1.165) is 26.2 Å². The lowest BCUT2D eigenvalue weighted by molar-refractivity contribution is -0.0212. The topological polar surface area (TPSA) is 61.2 Å². The highest BCUT2D eigenvalue weighted by Crippen LogP contribution is 2.14. The predicted octanol–water partition coefficient (Wildman–Crippen LogP) is 2.79. The molecule has 0 radical (unpaired) electrons. The predicted molar refractivity (Wildman–Crippen MR) is 93.4 cm³/mol. The summed E-state index contributed by atoms with van der Waals surface area (Å²) >= 11 is 0.